The van der Waals surface area contributed by atoms with E-state index in [1.54, 1.807) is 0 Å². The van der Waals surface area contributed by atoms with Gasteiger partial charge in [0.25, 0.3) is 0 Å². The lowest BCUT2D eigenvalue weighted by atomic mass is 10.2. The van der Waals surface area contributed by atoms with E-state index in [-0.39, 0.29) is 12.3 Å². The number of alkyl halides is 3. The fourth-order valence-electron chi connectivity index (χ4n) is 1.61. The second-order valence-corrected chi connectivity index (χ2v) is 4.86. The topological polar surface area (TPSA) is 35.2 Å². The van der Waals surface area contributed by atoms with Crippen molar-refractivity contribution in [1.82, 2.24) is 0 Å². The lowest BCUT2D eigenvalue weighted by Crippen LogP contribution is -2.17. The van der Waals surface area contributed by atoms with E-state index in [9.17, 15) is 13.2 Å². The SMILES string of the molecule is NCC(Oc1cccc(C(F)(F)F)c1)c1cccs1. The van der Waals surface area contributed by atoms with E-state index in [2.05, 4.69) is 0 Å². The van der Waals surface area contributed by atoms with Crippen molar-refractivity contribution in [2.45, 2.75) is 12.3 Å². The van der Waals surface area contributed by atoms with Crippen LogP contribution in [0.25, 0.3) is 0 Å². The Labute approximate surface area is 112 Å². The molecule has 0 radical (unpaired) electrons. The molecule has 2 aromatic rings. The van der Waals surface area contributed by atoms with E-state index in [0.29, 0.717) is 0 Å². The maximum atomic E-state index is 12.6. The Balaban J connectivity index is 2.19. The lowest BCUT2D eigenvalue weighted by molar-refractivity contribution is -0.137. The molecule has 0 saturated carbocycles. The van der Waals surface area contributed by atoms with Crippen molar-refractivity contribution in [3.8, 4) is 5.75 Å². The molecule has 0 fully saturated rings. The Morgan fingerprint density at radius 3 is 2.58 bits per heavy atom. The molecule has 2 nitrogen and oxygen atoms in total. The summed E-state index contributed by atoms with van der Waals surface area (Å²) in [6.07, 6.45) is -4.80. The Morgan fingerprint density at radius 1 is 1.21 bits per heavy atom. The number of halogens is 3. The van der Waals surface area contributed by atoms with Crippen LogP contribution in [0.15, 0.2) is 41.8 Å². The Morgan fingerprint density at radius 2 is 2.00 bits per heavy atom. The number of nitrogens with two attached hydrogens (primary N) is 1. The van der Waals surface area contributed by atoms with Gasteiger partial charge in [0, 0.05) is 11.4 Å². The number of benzene rings is 1. The van der Waals surface area contributed by atoms with Gasteiger partial charge >= 0.3 is 6.18 Å². The second-order valence-electron chi connectivity index (χ2n) is 3.88. The van der Waals surface area contributed by atoms with Crippen LogP contribution >= 0.6 is 11.3 Å². The van der Waals surface area contributed by atoms with Crippen molar-refractivity contribution >= 4 is 11.3 Å². The fraction of sp³-hybridized carbons (Fsp3) is 0.231. The first kappa shape index (κ1) is 13.9. The van der Waals surface area contributed by atoms with Gasteiger partial charge in [-0.05, 0) is 29.6 Å². The molecule has 6 heteroatoms. The smallest absolute Gasteiger partial charge is 0.416 e. The quantitative estimate of drug-likeness (QED) is 0.927. The zero-order valence-corrected chi connectivity index (χ0v) is 10.7. The van der Waals surface area contributed by atoms with Gasteiger partial charge < -0.3 is 10.5 Å². The summed E-state index contributed by atoms with van der Waals surface area (Å²) in [5.74, 6) is 0.165. The molecular weight excluding hydrogens is 275 g/mol. The average Bonchev–Trinajstić information content (AvgIpc) is 2.89. The normalized spacial score (nSPS) is 13.3. The summed E-state index contributed by atoms with van der Waals surface area (Å²) in [5.41, 5.74) is 4.87. The Bertz CT molecular complexity index is 525. The van der Waals surface area contributed by atoms with Gasteiger partial charge in [0.2, 0.25) is 0 Å². The molecular formula is C13H12F3NOS. The summed E-state index contributed by atoms with van der Waals surface area (Å²) in [7, 11) is 0. The summed E-state index contributed by atoms with van der Waals surface area (Å²) in [6.45, 7) is 0.205. The van der Waals surface area contributed by atoms with Gasteiger partial charge in [-0.1, -0.05) is 12.1 Å². The van der Waals surface area contributed by atoms with Crippen molar-refractivity contribution in [2.75, 3.05) is 6.54 Å². The fourth-order valence-corrected chi connectivity index (χ4v) is 2.37. The molecule has 0 aliphatic rings. The second kappa shape index (κ2) is 5.63. The minimum absolute atomic E-state index is 0.165. The van der Waals surface area contributed by atoms with Crippen LogP contribution in [0.2, 0.25) is 0 Å². The van der Waals surface area contributed by atoms with E-state index in [1.807, 2.05) is 17.5 Å². The van der Waals surface area contributed by atoms with Crippen LogP contribution in [-0.2, 0) is 6.18 Å². The molecule has 1 unspecified atom stereocenters. The van der Waals surface area contributed by atoms with Crippen LogP contribution in [-0.4, -0.2) is 6.54 Å². The van der Waals surface area contributed by atoms with Gasteiger partial charge in [0.15, 0.2) is 0 Å². The minimum Gasteiger partial charge on any atom is -0.484 e. The summed E-state index contributed by atoms with van der Waals surface area (Å²) >= 11 is 1.46. The highest BCUT2D eigenvalue weighted by atomic mass is 32.1. The van der Waals surface area contributed by atoms with E-state index < -0.39 is 17.8 Å². The van der Waals surface area contributed by atoms with E-state index in [4.69, 9.17) is 10.5 Å². The van der Waals surface area contributed by atoms with Gasteiger partial charge in [-0.15, -0.1) is 11.3 Å². The summed E-state index contributed by atoms with van der Waals surface area (Å²) in [5, 5.41) is 1.87. The van der Waals surface area contributed by atoms with Crippen LogP contribution in [0.4, 0.5) is 13.2 Å². The first-order valence-corrected chi connectivity index (χ1v) is 6.46. The third-order valence-electron chi connectivity index (χ3n) is 2.51. The summed E-state index contributed by atoms with van der Waals surface area (Å²) < 4.78 is 43.3. The number of rotatable bonds is 4. The third-order valence-corrected chi connectivity index (χ3v) is 3.48. The molecule has 1 atom stereocenters. The minimum atomic E-state index is -4.37. The van der Waals surface area contributed by atoms with Gasteiger partial charge in [-0.3, -0.25) is 0 Å². The summed E-state index contributed by atoms with van der Waals surface area (Å²) in [6, 6.07) is 8.49. The van der Waals surface area contributed by atoms with Gasteiger partial charge in [-0.2, -0.15) is 13.2 Å². The van der Waals surface area contributed by atoms with Crippen LogP contribution in [0.1, 0.15) is 16.5 Å². The molecule has 1 aromatic heterocycles. The van der Waals surface area contributed by atoms with E-state index >= 15 is 0 Å². The number of ether oxygens (including phenoxy) is 1. The molecule has 2 N–H and O–H groups in total. The molecule has 1 heterocycles. The molecule has 0 amide bonds. The van der Waals surface area contributed by atoms with Crippen LogP contribution in [0.3, 0.4) is 0 Å². The molecule has 0 bridgehead atoms. The predicted molar refractivity (Wildman–Crippen MR) is 68.2 cm³/mol. The lowest BCUT2D eigenvalue weighted by Gasteiger charge is -2.17. The van der Waals surface area contributed by atoms with E-state index in [1.165, 1.54) is 23.5 Å². The number of hydrogen-bond donors (Lipinski definition) is 1. The average molecular weight is 287 g/mol. The zero-order chi connectivity index (χ0) is 13.9. The standard InChI is InChI=1S/C13H12F3NOS/c14-13(15,16)9-3-1-4-10(7-9)18-11(8-17)12-5-2-6-19-12/h1-7,11H,8,17H2. The van der Waals surface area contributed by atoms with Crippen molar-refractivity contribution in [3.05, 3.63) is 52.2 Å². The first-order valence-electron chi connectivity index (χ1n) is 5.58. The molecule has 0 saturated heterocycles. The number of thiophene rings is 1. The first-order chi connectivity index (χ1) is 9.00. The monoisotopic (exact) mass is 287 g/mol. The highest BCUT2D eigenvalue weighted by Crippen LogP contribution is 2.32. The largest absolute Gasteiger partial charge is 0.484 e. The van der Waals surface area contributed by atoms with Crippen LogP contribution in [0.5, 0.6) is 5.75 Å². The molecule has 1 aromatic carbocycles. The molecule has 0 aliphatic heterocycles. The van der Waals surface area contributed by atoms with Crippen molar-refractivity contribution in [3.63, 3.8) is 0 Å². The molecule has 0 spiro atoms. The number of hydrogen-bond acceptors (Lipinski definition) is 3. The highest BCUT2D eigenvalue weighted by molar-refractivity contribution is 7.10. The van der Waals surface area contributed by atoms with Crippen LogP contribution < -0.4 is 10.5 Å². The molecule has 19 heavy (non-hydrogen) atoms. The molecule has 102 valence electrons. The maximum Gasteiger partial charge on any atom is 0.416 e. The zero-order valence-electron chi connectivity index (χ0n) is 9.85. The van der Waals surface area contributed by atoms with Crippen LogP contribution in [0, 0.1) is 0 Å². The Hall–Kier alpha value is -1.53. The summed E-state index contributed by atoms with van der Waals surface area (Å²) in [4.78, 5) is 0.889. The van der Waals surface area contributed by atoms with Gasteiger partial charge in [0.1, 0.15) is 11.9 Å². The van der Waals surface area contributed by atoms with Gasteiger partial charge in [-0.25, -0.2) is 0 Å². The van der Waals surface area contributed by atoms with Gasteiger partial charge in [0.05, 0.1) is 5.56 Å². The Kier molecular flexibility index (Phi) is 4.11. The van der Waals surface area contributed by atoms with Crippen molar-refractivity contribution in [1.29, 1.82) is 0 Å². The van der Waals surface area contributed by atoms with E-state index in [0.717, 1.165) is 17.0 Å². The highest BCUT2D eigenvalue weighted by Gasteiger charge is 2.30. The van der Waals surface area contributed by atoms with Crippen molar-refractivity contribution < 1.29 is 17.9 Å². The van der Waals surface area contributed by atoms with Crippen molar-refractivity contribution in [2.24, 2.45) is 5.73 Å². The maximum absolute atomic E-state index is 12.6. The predicted octanol–water partition coefficient (Wildman–Crippen LogP) is 3.85. The molecule has 0 aliphatic carbocycles. The molecule has 2 rings (SSSR count). The third kappa shape index (κ3) is 3.48.